The van der Waals surface area contributed by atoms with Gasteiger partial charge >= 0.3 is 5.97 Å². The van der Waals surface area contributed by atoms with Crippen molar-refractivity contribution < 1.29 is 23.4 Å². The van der Waals surface area contributed by atoms with Crippen molar-refractivity contribution in [1.82, 2.24) is 4.72 Å². The molecule has 0 amide bonds. The Kier molecular flexibility index (Phi) is 5.67. The van der Waals surface area contributed by atoms with Gasteiger partial charge in [-0.2, -0.15) is 0 Å². The summed E-state index contributed by atoms with van der Waals surface area (Å²) in [5, 5.41) is 17.7. The van der Waals surface area contributed by atoms with Gasteiger partial charge in [-0.25, -0.2) is 17.9 Å². The summed E-state index contributed by atoms with van der Waals surface area (Å²) in [6, 6.07) is 5.31. The molecule has 2 unspecified atom stereocenters. The summed E-state index contributed by atoms with van der Waals surface area (Å²) in [5.74, 6) is -1.46. The molecule has 0 heterocycles. The molecule has 0 aromatic heterocycles. The van der Waals surface area contributed by atoms with Crippen LogP contribution in [-0.4, -0.2) is 37.2 Å². The maximum atomic E-state index is 11.9. The fourth-order valence-corrected chi connectivity index (χ4v) is 3.08. The number of hydrogen-bond donors (Lipinski definition) is 3. The minimum absolute atomic E-state index is 0.100. The van der Waals surface area contributed by atoms with E-state index >= 15 is 0 Å². The number of sulfonamides is 1. The molecule has 112 valence electrons. The lowest BCUT2D eigenvalue weighted by molar-refractivity contribution is 0.0697. The van der Waals surface area contributed by atoms with Gasteiger partial charge in [0.15, 0.2) is 0 Å². The van der Waals surface area contributed by atoms with Gasteiger partial charge in [-0.15, -0.1) is 0 Å². The second-order valence-electron chi connectivity index (χ2n) is 4.83. The normalized spacial score (nSPS) is 14.8. The van der Waals surface area contributed by atoms with Crippen molar-refractivity contribution in [3.8, 4) is 0 Å². The summed E-state index contributed by atoms with van der Waals surface area (Å²) in [4.78, 5) is 10.7. The van der Waals surface area contributed by atoms with Crippen LogP contribution in [0.2, 0.25) is 0 Å². The summed E-state index contributed by atoms with van der Waals surface area (Å²) in [7, 11) is -3.53. The Morgan fingerprint density at radius 2 is 1.80 bits per heavy atom. The van der Waals surface area contributed by atoms with Crippen molar-refractivity contribution in [2.45, 2.75) is 25.6 Å². The standard InChI is InChI=1S/C13H19NO5S/c1-9(7-15)10(2)14-20(18,19)8-11-3-5-12(6-4-11)13(16)17/h3-6,9-10,14-15H,7-8H2,1-2H3,(H,16,17). The molecule has 7 heteroatoms. The highest BCUT2D eigenvalue weighted by molar-refractivity contribution is 7.88. The monoisotopic (exact) mass is 301 g/mol. The quantitative estimate of drug-likeness (QED) is 0.692. The number of carboxylic acid groups (broad SMARTS) is 1. The van der Waals surface area contributed by atoms with Crippen LogP contribution in [0.1, 0.15) is 29.8 Å². The zero-order chi connectivity index (χ0) is 15.3. The van der Waals surface area contributed by atoms with E-state index in [9.17, 15) is 13.2 Å². The Hall–Kier alpha value is -1.44. The third-order valence-electron chi connectivity index (χ3n) is 3.06. The van der Waals surface area contributed by atoms with Crippen LogP contribution in [0.15, 0.2) is 24.3 Å². The van der Waals surface area contributed by atoms with E-state index < -0.39 is 16.0 Å². The van der Waals surface area contributed by atoms with Crippen LogP contribution >= 0.6 is 0 Å². The van der Waals surface area contributed by atoms with Gasteiger partial charge in [0.05, 0.1) is 11.3 Å². The number of rotatable bonds is 7. The molecule has 0 bridgehead atoms. The number of hydrogen-bond acceptors (Lipinski definition) is 4. The first kappa shape index (κ1) is 16.6. The van der Waals surface area contributed by atoms with E-state index in [1.54, 1.807) is 13.8 Å². The fraction of sp³-hybridized carbons (Fsp3) is 0.462. The van der Waals surface area contributed by atoms with Crippen LogP contribution in [0.5, 0.6) is 0 Å². The van der Waals surface area contributed by atoms with E-state index in [-0.39, 0.29) is 29.9 Å². The lowest BCUT2D eigenvalue weighted by atomic mass is 10.1. The van der Waals surface area contributed by atoms with Crippen molar-refractivity contribution in [3.05, 3.63) is 35.4 Å². The first-order valence-electron chi connectivity index (χ1n) is 6.18. The molecule has 0 spiro atoms. The van der Waals surface area contributed by atoms with E-state index in [0.29, 0.717) is 5.56 Å². The van der Waals surface area contributed by atoms with Crippen molar-refractivity contribution in [1.29, 1.82) is 0 Å². The van der Waals surface area contributed by atoms with E-state index in [1.165, 1.54) is 24.3 Å². The molecule has 0 saturated heterocycles. The van der Waals surface area contributed by atoms with Gasteiger partial charge < -0.3 is 10.2 Å². The highest BCUT2D eigenvalue weighted by atomic mass is 32.2. The Bertz CT molecular complexity index is 553. The average molecular weight is 301 g/mol. The number of benzene rings is 1. The van der Waals surface area contributed by atoms with Crippen molar-refractivity contribution in [3.63, 3.8) is 0 Å². The molecule has 6 nitrogen and oxygen atoms in total. The van der Waals surface area contributed by atoms with E-state index in [4.69, 9.17) is 10.2 Å². The molecule has 0 saturated carbocycles. The predicted octanol–water partition coefficient (Wildman–Crippen LogP) is 0.821. The van der Waals surface area contributed by atoms with Crippen LogP contribution < -0.4 is 4.72 Å². The van der Waals surface area contributed by atoms with Crippen LogP contribution in [0.25, 0.3) is 0 Å². The van der Waals surface area contributed by atoms with Crippen LogP contribution in [0.3, 0.4) is 0 Å². The SMILES string of the molecule is CC(CO)C(C)NS(=O)(=O)Cc1ccc(C(=O)O)cc1. The maximum absolute atomic E-state index is 11.9. The molecule has 20 heavy (non-hydrogen) atoms. The second kappa shape index (κ2) is 6.83. The molecule has 1 aromatic rings. The Morgan fingerprint density at radius 1 is 1.25 bits per heavy atom. The lowest BCUT2D eigenvalue weighted by Gasteiger charge is -2.19. The molecule has 1 aromatic carbocycles. The molecule has 0 aliphatic carbocycles. The molecule has 1 rings (SSSR count). The zero-order valence-electron chi connectivity index (χ0n) is 11.4. The van der Waals surface area contributed by atoms with Crippen LogP contribution in [0, 0.1) is 5.92 Å². The average Bonchev–Trinajstić information content (AvgIpc) is 2.37. The van der Waals surface area contributed by atoms with E-state index in [2.05, 4.69) is 4.72 Å². The van der Waals surface area contributed by atoms with Gasteiger partial charge in [-0.1, -0.05) is 19.1 Å². The molecule has 0 fully saturated rings. The molecule has 3 N–H and O–H groups in total. The van der Waals surface area contributed by atoms with Crippen molar-refractivity contribution >= 4 is 16.0 Å². The van der Waals surface area contributed by atoms with E-state index in [1.807, 2.05) is 0 Å². The van der Waals surface area contributed by atoms with Gasteiger partial charge in [0.25, 0.3) is 0 Å². The van der Waals surface area contributed by atoms with Crippen LogP contribution in [-0.2, 0) is 15.8 Å². The zero-order valence-corrected chi connectivity index (χ0v) is 12.2. The second-order valence-corrected chi connectivity index (χ2v) is 6.58. The topological polar surface area (TPSA) is 104 Å². The Balaban J connectivity index is 2.73. The largest absolute Gasteiger partial charge is 0.478 e. The molecular weight excluding hydrogens is 282 g/mol. The molecule has 0 aliphatic heterocycles. The van der Waals surface area contributed by atoms with Gasteiger partial charge in [0.2, 0.25) is 10.0 Å². The number of carbonyl (C=O) groups is 1. The Morgan fingerprint density at radius 3 is 2.25 bits per heavy atom. The molecule has 0 radical (unpaired) electrons. The van der Waals surface area contributed by atoms with Gasteiger partial charge in [-0.05, 0) is 30.5 Å². The number of aliphatic hydroxyl groups excluding tert-OH is 1. The summed E-state index contributed by atoms with van der Waals surface area (Å²) in [6.07, 6.45) is 0. The maximum Gasteiger partial charge on any atom is 0.335 e. The smallest absolute Gasteiger partial charge is 0.335 e. The number of carboxylic acids is 1. The molecule has 2 atom stereocenters. The van der Waals surface area contributed by atoms with E-state index in [0.717, 1.165) is 0 Å². The first-order valence-corrected chi connectivity index (χ1v) is 7.83. The minimum atomic E-state index is -3.53. The minimum Gasteiger partial charge on any atom is -0.478 e. The van der Waals surface area contributed by atoms with Gasteiger partial charge in [-0.3, -0.25) is 0 Å². The van der Waals surface area contributed by atoms with Crippen LogP contribution in [0.4, 0.5) is 0 Å². The van der Waals surface area contributed by atoms with Crippen molar-refractivity contribution in [2.24, 2.45) is 5.92 Å². The highest BCUT2D eigenvalue weighted by Gasteiger charge is 2.19. The predicted molar refractivity (Wildman–Crippen MR) is 74.9 cm³/mol. The fourth-order valence-electron chi connectivity index (χ4n) is 1.56. The molecular formula is C13H19NO5S. The first-order chi connectivity index (χ1) is 9.25. The van der Waals surface area contributed by atoms with Gasteiger partial charge in [0, 0.05) is 12.6 Å². The van der Waals surface area contributed by atoms with Gasteiger partial charge in [0.1, 0.15) is 0 Å². The highest BCUT2D eigenvalue weighted by Crippen LogP contribution is 2.10. The number of aliphatic hydroxyl groups is 1. The Labute approximate surface area is 118 Å². The summed E-state index contributed by atoms with van der Waals surface area (Å²) in [6.45, 7) is 3.33. The summed E-state index contributed by atoms with van der Waals surface area (Å²) >= 11 is 0. The number of nitrogens with one attached hydrogen (secondary N) is 1. The number of aromatic carboxylic acids is 1. The van der Waals surface area contributed by atoms with Crippen molar-refractivity contribution in [2.75, 3.05) is 6.61 Å². The summed E-state index contributed by atoms with van der Waals surface area (Å²) < 4.78 is 26.4. The molecule has 0 aliphatic rings. The lowest BCUT2D eigenvalue weighted by Crippen LogP contribution is -2.38. The third kappa shape index (κ3) is 4.92. The third-order valence-corrected chi connectivity index (χ3v) is 4.51. The summed E-state index contributed by atoms with van der Waals surface area (Å²) in [5.41, 5.74) is 0.618.